The van der Waals surface area contributed by atoms with Gasteiger partial charge in [0, 0.05) is 39.2 Å². The number of nitrogens with two attached hydrogens (primary N) is 1. The highest BCUT2D eigenvalue weighted by molar-refractivity contribution is 5.64. The van der Waals surface area contributed by atoms with Gasteiger partial charge in [0.15, 0.2) is 5.82 Å². The van der Waals surface area contributed by atoms with Crippen molar-refractivity contribution in [1.82, 2.24) is 20.0 Å². The second-order valence-corrected chi connectivity index (χ2v) is 5.24. The van der Waals surface area contributed by atoms with E-state index in [1.54, 1.807) is 10.9 Å². The molecule has 1 saturated heterocycles. The molecular weight excluding hydrogens is 284 g/mol. The molecule has 1 fully saturated rings. The van der Waals surface area contributed by atoms with Crippen LogP contribution in [0.15, 0.2) is 24.4 Å². The number of hydrogen-bond donors (Lipinski definition) is 1. The third kappa shape index (κ3) is 3.00. The first-order valence-electron chi connectivity index (χ1n) is 7.16. The van der Waals surface area contributed by atoms with E-state index < -0.39 is 6.09 Å². The minimum Gasteiger partial charge on any atom is -0.446 e. The highest BCUT2D eigenvalue weighted by Crippen LogP contribution is 2.21. The number of hydrogen-bond acceptors (Lipinski definition) is 6. The number of piperidine rings is 1. The number of rotatable bonds is 3. The number of primary amides is 1. The van der Waals surface area contributed by atoms with Crippen LogP contribution in [0.4, 0.5) is 10.6 Å². The Balaban J connectivity index is 1.65. The predicted octanol–water partition coefficient (Wildman–Crippen LogP) is 0.941. The van der Waals surface area contributed by atoms with Crippen LogP contribution in [0.5, 0.6) is 0 Å². The summed E-state index contributed by atoms with van der Waals surface area (Å²) in [6, 6.07) is 5.78. The molecule has 8 heteroatoms. The van der Waals surface area contributed by atoms with Crippen molar-refractivity contribution in [3.63, 3.8) is 0 Å². The van der Waals surface area contributed by atoms with E-state index in [1.807, 2.05) is 25.2 Å². The average molecular weight is 302 g/mol. The lowest BCUT2D eigenvalue weighted by Crippen LogP contribution is -2.39. The molecule has 2 aromatic rings. The molecule has 2 N–H and O–H groups in total. The maximum atomic E-state index is 10.8. The standard InChI is InChI=1S/C14H18N6O2/c1-19-12(4-7-16-19)11-2-3-13(18-17-11)20-8-5-10(6-9-20)22-14(15)21/h2-4,7,10H,5-6,8-9H2,1H3,(H2,15,21). The number of anilines is 1. The van der Waals surface area contributed by atoms with Gasteiger partial charge in [0.2, 0.25) is 0 Å². The molecular formula is C14H18N6O2. The van der Waals surface area contributed by atoms with E-state index in [4.69, 9.17) is 10.5 Å². The number of ether oxygens (including phenoxy) is 1. The highest BCUT2D eigenvalue weighted by Gasteiger charge is 2.22. The van der Waals surface area contributed by atoms with Crippen LogP contribution in [0, 0.1) is 0 Å². The molecule has 0 atom stereocenters. The zero-order valence-electron chi connectivity index (χ0n) is 12.3. The van der Waals surface area contributed by atoms with Crippen LogP contribution in [-0.2, 0) is 11.8 Å². The summed E-state index contributed by atoms with van der Waals surface area (Å²) in [6.45, 7) is 1.52. The van der Waals surface area contributed by atoms with E-state index in [0.29, 0.717) is 0 Å². The van der Waals surface area contributed by atoms with Crippen molar-refractivity contribution < 1.29 is 9.53 Å². The van der Waals surface area contributed by atoms with Crippen molar-refractivity contribution in [2.75, 3.05) is 18.0 Å². The lowest BCUT2D eigenvalue weighted by atomic mass is 10.1. The fourth-order valence-corrected chi connectivity index (χ4v) is 2.62. The van der Waals surface area contributed by atoms with Gasteiger partial charge in [-0.25, -0.2) is 4.79 Å². The quantitative estimate of drug-likeness (QED) is 0.906. The maximum absolute atomic E-state index is 10.8. The Morgan fingerprint density at radius 2 is 2.05 bits per heavy atom. The van der Waals surface area contributed by atoms with E-state index in [9.17, 15) is 4.79 Å². The number of carbonyl (C=O) groups excluding carboxylic acids is 1. The van der Waals surface area contributed by atoms with E-state index >= 15 is 0 Å². The van der Waals surface area contributed by atoms with Gasteiger partial charge in [-0.1, -0.05) is 0 Å². The van der Waals surface area contributed by atoms with Crippen LogP contribution < -0.4 is 10.6 Å². The summed E-state index contributed by atoms with van der Waals surface area (Å²) < 4.78 is 6.78. The Morgan fingerprint density at radius 3 is 2.59 bits per heavy atom. The van der Waals surface area contributed by atoms with Gasteiger partial charge in [-0.15, -0.1) is 10.2 Å². The van der Waals surface area contributed by atoms with Gasteiger partial charge in [0.1, 0.15) is 11.8 Å². The minimum atomic E-state index is -0.709. The van der Waals surface area contributed by atoms with E-state index in [1.165, 1.54) is 0 Å². The summed E-state index contributed by atoms with van der Waals surface area (Å²) in [5, 5.41) is 12.7. The summed E-state index contributed by atoms with van der Waals surface area (Å²) >= 11 is 0. The number of amides is 1. The number of aryl methyl sites for hydroxylation is 1. The maximum Gasteiger partial charge on any atom is 0.404 e. The Bertz CT molecular complexity index is 646. The van der Waals surface area contributed by atoms with E-state index in [0.717, 1.165) is 43.1 Å². The largest absolute Gasteiger partial charge is 0.446 e. The molecule has 0 unspecified atom stereocenters. The second kappa shape index (κ2) is 6.00. The van der Waals surface area contributed by atoms with Gasteiger partial charge in [0.05, 0.1) is 5.69 Å². The molecule has 22 heavy (non-hydrogen) atoms. The van der Waals surface area contributed by atoms with Gasteiger partial charge in [-0.05, 0) is 18.2 Å². The first-order valence-corrected chi connectivity index (χ1v) is 7.16. The normalized spacial score (nSPS) is 15.8. The number of nitrogens with zero attached hydrogens (tertiary/aromatic N) is 5. The molecule has 0 spiro atoms. The molecule has 1 aliphatic heterocycles. The Kier molecular flexibility index (Phi) is 3.90. The van der Waals surface area contributed by atoms with Gasteiger partial charge >= 0.3 is 6.09 Å². The van der Waals surface area contributed by atoms with Crippen molar-refractivity contribution in [3.8, 4) is 11.4 Å². The molecule has 3 heterocycles. The molecule has 0 radical (unpaired) electrons. The van der Waals surface area contributed by atoms with Crippen molar-refractivity contribution in [3.05, 3.63) is 24.4 Å². The topological polar surface area (TPSA) is 99.2 Å². The molecule has 0 saturated carbocycles. The lowest BCUT2D eigenvalue weighted by Gasteiger charge is -2.31. The number of aromatic nitrogens is 4. The third-order valence-electron chi connectivity index (χ3n) is 3.78. The predicted molar refractivity (Wildman–Crippen MR) is 80.1 cm³/mol. The van der Waals surface area contributed by atoms with Gasteiger partial charge < -0.3 is 15.4 Å². The first kappa shape index (κ1) is 14.3. The SMILES string of the molecule is Cn1nccc1-c1ccc(N2CCC(OC(N)=O)CC2)nn1. The van der Waals surface area contributed by atoms with Crippen molar-refractivity contribution in [2.45, 2.75) is 18.9 Å². The van der Waals surface area contributed by atoms with Crippen LogP contribution in [0.2, 0.25) is 0 Å². The molecule has 0 bridgehead atoms. The Labute approximate surface area is 127 Å². The molecule has 2 aromatic heterocycles. The highest BCUT2D eigenvalue weighted by atomic mass is 16.6. The van der Waals surface area contributed by atoms with Crippen LogP contribution in [-0.4, -0.2) is 45.3 Å². The van der Waals surface area contributed by atoms with E-state index in [-0.39, 0.29) is 6.10 Å². The molecule has 116 valence electrons. The zero-order valence-corrected chi connectivity index (χ0v) is 12.3. The second-order valence-electron chi connectivity index (χ2n) is 5.24. The van der Waals surface area contributed by atoms with Gasteiger partial charge in [0.25, 0.3) is 0 Å². The molecule has 8 nitrogen and oxygen atoms in total. The van der Waals surface area contributed by atoms with Crippen LogP contribution >= 0.6 is 0 Å². The monoisotopic (exact) mass is 302 g/mol. The van der Waals surface area contributed by atoms with E-state index in [2.05, 4.69) is 20.2 Å². The van der Waals surface area contributed by atoms with Crippen molar-refractivity contribution in [1.29, 1.82) is 0 Å². The summed E-state index contributed by atoms with van der Waals surface area (Å²) in [4.78, 5) is 12.9. The molecule has 1 amide bonds. The fraction of sp³-hybridized carbons (Fsp3) is 0.429. The molecule has 0 aromatic carbocycles. The lowest BCUT2D eigenvalue weighted by molar-refractivity contribution is 0.0911. The summed E-state index contributed by atoms with van der Waals surface area (Å²) in [7, 11) is 1.87. The Morgan fingerprint density at radius 1 is 1.27 bits per heavy atom. The van der Waals surface area contributed by atoms with Crippen LogP contribution in [0.3, 0.4) is 0 Å². The minimum absolute atomic E-state index is 0.101. The zero-order chi connectivity index (χ0) is 15.5. The molecule has 3 rings (SSSR count). The molecule has 1 aliphatic rings. The first-order chi connectivity index (χ1) is 10.6. The Hall–Kier alpha value is -2.64. The van der Waals surface area contributed by atoms with Gasteiger partial charge in [-0.3, -0.25) is 4.68 Å². The smallest absolute Gasteiger partial charge is 0.404 e. The summed E-state index contributed by atoms with van der Waals surface area (Å²) in [5.41, 5.74) is 6.75. The van der Waals surface area contributed by atoms with Crippen LogP contribution in [0.25, 0.3) is 11.4 Å². The fourth-order valence-electron chi connectivity index (χ4n) is 2.62. The van der Waals surface area contributed by atoms with Gasteiger partial charge in [-0.2, -0.15) is 5.10 Å². The van der Waals surface area contributed by atoms with Crippen molar-refractivity contribution in [2.24, 2.45) is 12.8 Å². The average Bonchev–Trinajstić information content (AvgIpc) is 2.94. The number of carbonyl (C=O) groups is 1. The summed E-state index contributed by atoms with van der Waals surface area (Å²) in [6.07, 6.45) is 2.41. The van der Waals surface area contributed by atoms with Crippen LogP contribution in [0.1, 0.15) is 12.8 Å². The van der Waals surface area contributed by atoms with Crippen molar-refractivity contribution >= 4 is 11.9 Å². The third-order valence-corrected chi connectivity index (χ3v) is 3.78. The molecule has 0 aliphatic carbocycles. The summed E-state index contributed by atoms with van der Waals surface area (Å²) in [5.74, 6) is 0.823.